The monoisotopic (exact) mass is 330 g/mol. The molecule has 0 aromatic rings. The maximum absolute atomic E-state index is 12.3. The van der Waals surface area contributed by atoms with E-state index in [1.165, 1.54) is 0 Å². The Morgan fingerprint density at radius 1 is 0.833 bits per heavy atom. The second-order valence-electron chi connectivity index (χ2n) is 6.61. The fourth-order valence-corrected chi connectivity index (χ4v) is 2.38. The standard InChI is InChI=1S/C21H30O3/c1-15-5-9-17(3)21(24)18(4)10-14-20(23)13-8-16(2)7-12-19(22)11-6-15/h5-8,10-11,13,17,19-20,22-23H,9,12,14H2,1-4H3/b11-6+,13-8+,15-5+,16-7+,18-10+/t17-,19?,20?/m1/s1. The first-order chi connectivity index (χ1) is 11.3. The van der Waals surface area contributed by atoms with E-state index in [1.54, 1.807) is 19.1 Å². The van der Waals surface area contributed by atoms with Crippen molar-refractivity contribution < 1.29 is 15.0 Å². The van der Waals surface area contributed by atoms with Gasteiger partial charge in [-0.1, -0.05) is 60.6 Å². The van der Waals surface area contributed by atoms with Crippen LogP contribution in [0, 0.1) is 5.92 Å². The summed E-state index contributed by atoms with van der Waals surface area (Å²) in [5.41, 5.74) is 2.72. The lowest BCUT2D eigenvalue weighted by atomic mass is 9.95. The van der Waals surface area contributed by atoms with Gasteiger partial charge in [0.1, 0.15) is 0 Å². The summed E-state index contributed by atoms with van der Waals surface area (Å²) in [6.07, 6.45) is 13.5. The summed E-state index contributed by atoms with van der Waals surface area (Å²) in [7, 11) is 0. The Morgan fingerprint density at radius 3 is 1.83 bits per heavy atom. The van der Waals surface area contributed by atoms with Crippen LogP contribution in [0.3, 0.4) is 0 Å². The predicted octanol–water partition coefficient (Wildman–Crippen LogP) is 4.05. The number of ketones is 1. The van der Waals surface area contributed by atoms with E-state index in [1.807, 2.05) is 51.2 Å². The lowest BCUT2D eigenvalue weighted by Crippen LogP contribution is -2.12. The minimum Gasteiger partial charge on any atom is -0.389 e. The lowest BCUT2D eigenvalue weighted by molar-refractivity contribution is -0.118. The van der Waals surface area contributed by atoms with E-state index in [2.05, 4.69) is 0 Å². The number of allylic oxidation sites excluding steroid dienone is 6. The Hall–Kier alpha value is -1.71. The molecule has 1 rings (SSSR count). The van der Waals surface area contributed by atoms with Crippen LogP contribution < -0.4 is 0 Å². The van der Waals surface area contributed by atoms with Gasteiger partial charge in [-0.15, -0.1) is 0 Å². The van der Waals surface area contributed by atoms with Crippen LogP contribution in [0.2, 0.25) is 0 Å². The van der Waals surface area contributed by atoms with Gasteiger partial charge in [-0.05, 0) is 45.6 Å². The summed E-state index contributed by atoms with van der Waals surface area (Å²) < 4.78 is 0. The molecular formula is C21H30O3. The molecule has 3 nitrogen and oxygen atoms in total. The molecule has 2 unspecified atom stereocenters. The van der Waals surface area contributed by atoms with Gasteiger partial charge < -0.3 is 10.2 Å². The molecule has 0 saturated carbocycles. The SMILES string of the molecule is CC1=C\CC(O)/C=C/C(C)=C/C[C@@H](C)C(=O)/C(C)=C/CC(O)\C=C\1. The maximum atomic E-state index is 12.3. The highest BCUT2D eigenvalue weighted by molar-refractivity contribution is 5.96. The van der Waals surface area contributed by atoms with Gasteiger partial charge in [0.2, 0.25) is 0 Å². The lowest BCUT2D eigenvalue weighted by Gasteiger charge is -2.09. The highest BCUT2D eigenvalue weighted by Crippen LogP contribution is 2.15. The summed E-state index contributed by atoms with van der Waals surface area (Å²) >= 11 is 0. The Kier molecular flexibility index (Phi) is 8.66. The first-order valence-electron chi connectivity index (χ1n) is 8.56. The van der Waals surface area contributed by atoms with Crippen LogP contribution in [0.5, 0.6) is 0 Å². The summed E-state index contributed by atoms with van der Waals surface area (Å²) in [5, 5.41) is 20.0. The van der Waals surface area contributed by atoms with Crippen LogP contribution in [-0.2, 0) is 4.79 Å². The van der Waals surface area contributed by atoms with Crippen molar-refractivity contribution in [3.05, 3.63) is 59.3 Å². The highest BCUT2D eigenvalue weighted by Gasteiger charge is 2.13. The Morgan fingerprint density at radius 2 is 1.29 bits per heavy atom. The van der Waals surface area contributed by atoms with Gasteiger partial charge in [-0.3, -0.25) is 4.79 Å². The normalized spacial score (nSPS) is 37.2. The van der Waals surface area contributed by atoms with Crippen LogP contribution in [-0.4, -0.2) is 28.2 Å². The minimum absolute atomic E-state index is 0.0956. The van der Waals surface area contributed by atoms with Crippen LogP contribution in [0.4, 0.5) is 0 Å². The third-order valence-electron chi connectivity index (χ3n) is 4.14. The van der Waals surface area contributed by atoms with Gasteiger partial charge >= 0.3 is 0 Å². The molecular weight excluding hydrogens is 300 g/mol. The topological polar surface area (TPSA) is 57.5 Å². The van der Waals surface area contributed by atoms with Crippen molar-refractivity contribution in [2.45, 2.75) is 59.2 Å². The molecule has 1 aliphatic rings. The molecule has 0 heterocycles. The molecule has 3 heteroatoms. The Balaban J connectivity index is 3.01. The molecule has 0 aromatic heterocycles. The van der Waals surface area contributed by atoms with E-state index in [-0.39, 0.29) is 11.7 Å². The van der Waals surface area contributed by atoms with Crippen molar-refractivity contribution in [2.24, 2.45) is 5.92 Å². The minimum atomic E-state index is -0.617. The molecule has 3 atom stereocenters. The van der Waals surface area contributed by atoms with Crippen molar-refractivity contribution in [1.29, 1.82) is 0 Å². The van der Waals surface area contributed by atoms with E-state index < -0.39 is 12.2 Å². The number of hydrogen-bond donors (Lipinski definition) is 2. The molecule has 0 radical (unpaired) electrons. The number of aliphatic hydroxyl groups excluding tert-OH is 2. The van der Waals surface area contributed by atoms with Crippen LogP contribution >= 0.6 is 0 Å². The highest BCUT2D eigenvalue weighted by atomic mass is 16.3. The third kappa shape index (κ3) is 7.71. The number of rotatable bonds is 0. The van der Waals surface area contributed by atoms with E-state index in [9.17, 15) is 15.0 Å². The number of aliphatic hydroxyl groups is 2. The Bertz CT molecular complexity index is 576. The number of carbonyl (C=O) groups excluding carboxylic acids is 1. The number of Topliss-reactive ketones (excluding diaryl/α,β-unsaturated/α-hetero) is 1. The second-order valence-corrected chi connectivity index (χ2v) is 6.61. The zero-order valence-electron chi connectivity index (χ0n) is 15.2. The smallest absolute Gasteiger partial charge is 0.161 e. The van der Waals surface area contributed by atoms with Gasteiger partial charge in [0, 0.05) is 5.92 Å². The fourth-order valence-electron chi connectivity index (χ4n) is 2.38. The second kappa shape index (κ2) is 10.2. The molecule has 0 aliphatic heterocycles. The number of hydrogen-bond acceptors (Lipinski definition) is 3. The first-order valence-corrected chi connectivity index (χ1v) is 8.56. The van der Waals surface area contributed by atoms with E-state index in [4.69, 9.17) is 0 Å². The van der Waals surface area contributed by atoms with Gasteiger partial charge in [-0.2, -0.15) is 0 Å². The van der Waals surface area contributed by atoms with Gasteiger partial charge in [0.25, 0.3) is 0 Å². The van der Waals surface area contributed by atoms with Crippen LogP contribution in [0.25, 0.3) is 0 Å². The Labute approximate surface area is 145 Å². The molecule has 0 fully saturated rings. The van der Waals surface area contributed by atoms with Crippen molar-refractivity contribution in [2.75, 3.05) is 0 Å². The summed E-state index contributed by atoms with van der Waals surface area (Å²) in [5.74, 6) is 0.0152. The molecule has 2 N–H and O–H groups in total. The summed E-state index contributed by atoms with van der Waals surface area (Å²) in [6.45, 7) is 7.63. The van der Waals surface area contributed by atoms with Crippen molar-refractivity contribution in [1.82, 2.24) is 0 Å². The molecule has 0 spiro atoms. The maximum Gasteiger partial charge on any atom is 0.161 e. The van der Waals surface area contributed by atoms with E-state index >= 15 is 0 Å². The molecule has 132 valence electrons. The van der Waals surface area contributed by atoms with Gasteiger partial charge in [0.05, 0.1) is 12.2 Å². The summed E-state index contributed by atoms with van der Waals surface area (Å²) in [4.78, 5) is 12.3. The fraction of sp³-hybridized carbons (Fsp3) is 0.476. The number of carbonyl (C=O) groups is 1. The predicted molar refractivity (Wildman–Crippen MR) is 99.6 cm³/mol. The zero-order valence-corrected chi connectivity index (χ0v) is 15.2. The molecule has 0 bridgehead atoms. The molecule has 0 aromatic carbocycles. The zero-order chi connectivity index (χ0) is 18.1. The van der Waals surface area contributed by atoms with Crippen LogP contribution in [0.1, 0.15) is 47.0 Å². The average molecular weight is 330 g/mol. The third-order valence-corrected chi connectivity index (χ3v) is 4.14. The van der Waals surface area contributed by atoms with Gasteiger partial charge in [-0.25, -0.2) is 0 Å². The summed E-state index contributed by atoms with van der Waals surface area (Å²) in [6, 6.07) is 0. The molecule has 24 heavy (non-hydrogen) atoms. The van der Waals surface area contributed by atoms with Crippen LogP contribution in [0.15, 0.2) is 59.3 Å². The van der Waals surface area contributed by atoms with Crippen molar-refractivity contribution in [3.63, 3.8) is 0 Å². The molecule has 0 saturated heterocycles. The molecule has 1 aliphatic carbocycles. The van der Waals surface area contributed by atoms with E-state index in [0.717, 1.165) is 11.1 Å². The van der Waals surface area contributed by atoms with E-state index in [0.29, 0.717) is 24.8 Å². The molecule has 0 amide bonds. The average Bonchev–Trinajstić information content (AvgIpc) is 2.57. The first kappa shape index (κ1) is 20.3. The van der Waals surface area contributed by atoms with Crippen molar-refractivity contribution >= 4 is 5.78 Å². The largest absolute Gasteiger partial charge is 0.389 e. The van der Waals surface area contributed by atoms with Crippen molar-refractivity contribution in [3.8, 4) is 0 Å². The quantitative estimate of drug-likeness (QED) is 0.704. The van der Waals surface area contributed by atoms with Gasteiger partial charge in [0.15, 0.2) is 5.78 Å².